The number of anilines is 1. The maximum atomic E-state index is 13.4. The Balaban J connectivity index is 1.67. The second kappa shape index (κ2) is 9.28. The molecule has 3 aromatic carbocycles. The van der Waals surface area contributed by atoms with Gasteiger partial charge in [0, 0.05) is 10.7 Å². The molecule has 3 aromatic rings. The highest BCUT2D eigenvalue weighted by Crippen LogP contribution is 2.32. The van der Waals surface area contributed by atoms with Crippen LogP contribution in [0.25, 0.3) is 5.57 Å². The van der Waals surface area contributed by atoms with E-state index in [0.717, 1.165) is 5.75 Å². The minimum absolute atomic E-state index is 0.0635. The van der Waals surface area contributed by atoms with Crippen molar-refractivity contribution in [1.82, 2.24) is 4.90 Å². The molecule has 0 saturated heterocycles. The molecule has 1 heterocycles. The van der Waals surface area contributed by atoms with Gasteiger partial charge in [0.2, 0.25) is 0 Å². The average Bonchev–Trinajstić information content (AvgIpc) is 3.01. The van der Waals surface area contributed by atoms with Crippen LogP contribution in [0, 0.1) is 0 Å². The van der Waals surface area contributed by atoms with Gasteiger partial charge >= 0.3 is 0 Å². The van der Waals surface area contributed by atoms with E-state index in [1.807, 2.05) is 86.6 Å². The fourth-order valence-corrected chi connectivity index (χ4v) is 3.73. The number of benzene rings is 3. The van der Waals surface area contributed by atoms with Crippen LogP contribution in [0.3, 0.4) is 0 Å². The van der Waals surface area contributed by atoms with Gasteiger partial charge in [-0.2, -0.15) is 0 Å². The number of rotatable bonds is 7. The predicted molar refractivity (Wildman–Crippen MR) is 126 cm³/mol. The summed E-state index contributed by atoms with van der Waals surface area (Å²) in [5, 5.41) is 3.67. The van der Waals surface area contributed by atoms with Gasteiger partial charge in [-0.3, -0.25) is 14.5 Å². The highest BCUT2D eigenvalue weighted by molar-refractivity contribution is 6.36. The van der Waals surface area contributed by atoms with E-state index in [4.69, 9.17) is 16.3 Å². The minimum Gasteiger partial charge on any atom is -0.491 e. The number of halogens is 1. The van der Waals surface area contributed by atoms with Gasteiger partial charge in [-0.15, -0.1) is 0 Å². The van der Waals surface area contributed by atoms with Gasteiger partial charge in [0.05, 0.1) is 18.2 Å². The van der Waals surface area contributed by atoms with Crippen molar-refractivity contribution in [2.75, 3.05) is 5.32 Å². The topological polar surface area (TPSA) is 58.6 Å². The van der Waals surface area contributed by atoms with Crippen LogP contribution in [0.4, 0.5) is 5.69 Å². The molecule has 2 amide bonds. The third kappa shape index (κ3) is 4.53. The molecule has 0 spiro atoms. The van der Waals surface area contributed by atoms with Gasteiger partial charge in [-0.25, -0.2) is 0 Å². The predicted octanol–water partition coefficient (Wildman–Crippen LogP) is 5.52. The van der Waals surface area contributed by atoms with Gasteiger partial charge < -0.3 is 10.1 Å². The second-order valence-corrected chi connectivity index (χ2v) is 8.13. The highest BCUT2D eigenvalue weighted by Gasteiger charge is 2.39. The quantitative estimate of drug-likeness (QED) is 0.485. The van der Waals surface area contributed by atoms with Crippen LogP contribution in [-0.4, -0.2) is 22.8 Å². The van der Waals surface area contributed by atoms with Crippen molar-refractivity contribution in [3.63, 3.8) is 0 Å². The zero-order chi connectivity index (χ0) is 22.7. The van der Waals surface area contributed by atoms with E-state index < -0.39 is 5.91 Å². The Morgan fingerprint density at radius 3 is 2.19 bits per heavy atom. The molecule has 1 aliphatic rings. The fourth-order valence-electron chi connectivity index (χ4n) is 3.54. The number of hydrogen-bond donors (Lipinski definition) is 1. The summed E-state index contributed by atoms with van der Waals surface area (Å²) in [6.07, 6.45) is 0.0635. The molecule has 0 saturated carbocycles. The van der Waals surface area contributed by atoms with E-state index in [2.05, 4.69) is 5.32 Å². The molecule has 6 heteroatoms. The first kappa shape index (κ1) is 21.7. The number of nitrogens with one attached hydrogen (secondary N) is 1. The third-order valence-electron chi connectivity index (χ3n) is 5.01. The van der Waals surface area contributed by atoms with E-state index >= 15 is 0 Å². The number of imide groups is 1. The fraction of sp³-hybridized carbons (Fsp3) is 0.154. The Hall–Kier alpha value is -3.57. The SMILES string of the molecule is CC(C)Oc1ccc(NC2=C(c3ccccc3)C(=O)N(Cc3ccccc3Cl)C2=O)cc1. The number of ether oxygens (including phenoxy) is 1. The van der Waals surface area contributed by atoms with Crippen LogP contribution >= 0.6 is 11.6 Å². The van der Waals surface area contributed by atoms with Crippen molar-refractivity contribution in [1.29, 1.82) is 0 Å². The largest absolute Gasteiger partial charge is 0.491 e. The molecule has 0 fully saturated rings. The lowest BCUT2D eigenvalue weighted by Crippen LogP contribution is -2.32. The van der Waals surface area contributed by atoms with Crippen LogP contribution in [0.2, 0.25) is 5.02 Å². The molecular weight excluding hydrogens is 424 g/mol. The normalized spacial score (nSPS) is 13.8. The summed E-state index contributed by atoms with van der Waals surface area (Å²) >= 11 is 6.28. The minimum atomic E-state index is -0.392. The lowest BCUT2D eigenvalue weighted by Gasteiger charge is -2.16. The number of nitrogens with zero attached hydrogens (tertiary/aromatic N) is 1. The lowest BCUT2D eigenvalue weighted by molar-refractivity contribution is -0.137. The van der Waals surface area contributed by atoms with E-state index in [9.17, 15) is 9.59 Å². The zero-order valence-electron chi connectivity index (χ0n) is 17.8. The highest BCUT2D eigenvalue weighted by atomic mass is 35.5. The molecule has 162 valence electrons. The van der Waals surface area contributed by atoms with Crippen LogP contribution in [-0.2, 0) is 16.1 Å². The van der Waals surface area contributed by atoms with Crippen molar-refractivity contribution in [3.05, 3.63) is 101 Å². The van der Waals surface area contributed by atoms with Crippen LogP contribution in [0.15, 0.2) is 84.6 Å². The molecular formula is C26H23ClN2O3. The van der Waals surface area contributed by atoms with Crippen molar-refractivity contribution < 1.29 is 14.3 Å². The van der Waals surface area contributed by atoms with Crippen LogP contribution in [0.1, 0.15) is 25.0 Å². The standard InChI is InChI=1S/C26H23ClN2O3/c1-17(2)32-21-14-12-20(13-15-21)28-24-23(18-8-4-3-5-9-18)25(30)29(26(24)31)16-19-10-6-7-11-22(19)27/h3-15,17,28H,16H2,1-2H3. The summed E-state index contributed by atoms with van der Waals surface area (Å²) in [5.41, 5.74) is 2.65. The summed E-state index contributed by atoms with van der Waals surface area (Å²) in [4.78, 5) is 27.9. The van der Waals surface area contributed by atoms with Crippen LogP contribution < -0.4 is 10.1 Å². The maximum absolute atomic E-state index is 13.4. The second-order valence-electron chi connectivity index (χ2n) is 7.72. The number of carbonyl (C=O) groups is 2. The van der Waals surface area contributed by atoms with Crippen molar-refractivity contribution in [3.8, 4) is 5.75 Å². The third-order valence-corrected chi connectivity index (χ3v) is 5.38. The summed E-state index contributed by atoms with van der Waals surface area (Å²) in [7, 11) is 0. The molecule has 1 N–H and O–H groups in total. The number of amides is 2. The molecule has 32 heavy (non-hydrogen) atoms. The Bertz CT molecular complexity index is 1170. The van der Waals surface area contributed by atoms with E-state index in [0.29, 0.717) is 27.4 Å². The molecule has 1 aliphatic heterocycles. The summed E-state index contributed by atoms with van der Waals surface area (Å²) < 4.78 is 5.68. The molecule has 0 radical (unpaired) electrons. The molecule has 0 bridgehead atoms. The number of carbonyl (C=O) groups excluding carboxylic acids is 2. The smallest absolute Gasteiger partial charge is 0.278 e. The Morgan fingerprint density at radius 1 is 0.875 bits per heavy atom. The van der Waals surface area contributed by atoms with Gasteiger partial charge in [-0.05, 0) is 55.3 Å². The van der Waals surface area contributed by atoms with Gasteiger partial charge in [0.15, 0.2) is 0 Å². The Morgan fingerprint density at radius 2 is 1.53 bits per heavy atom. The summed E-state index contributed by atoms with van der Waals surface area (Å²) in [6.45, 7) is 4.01. The monoisotopic (exact) mass is 446 g/mol. The summed E-state index contributed by atoms with van der Waals surface area (Å²) in [5.74, 6) is -0.0170. The number of hydrogen-bond acceptors (Lipinski definition) is 4. The molecule has 4 rings (SSSR count). The van der Waals surface area contributed by atoms with Crippen molar-refractivity contribution in [2.45, 2.75) is 26.5 Å². The molecule has 0 unspecified atom stereocenters. The van der Waals surface area contributed by atoms with E-state index in [1.165, 1.54) is 4.90 Å². The molecule has 0 atom stereocenters. The first-order chi connectivity index (χ1) is 15.4. The van der Waals surface area contributed by atoms with Gasteiger partial charge in [0.25, 0.3) is 11.8 Å². The Labute approximate surface area is 192 Å². The Kier molecular flexibility index (Phi) is 6.28. The summed E-state index contributed by atoms with van der Waals surface area (Å²) in [6, 6.07) is 23.7. The van der Waals surface area contributed by atoms with Crippen molar-refractivity contribution in [2.24, 2.45) is 0 Å². The van der Waals surface area contributed by atoms with Crippen LogP contribution in [0.5, 0.6) is 5.75 Å². The zero-order valence-corrected chi connectivity index (χ0v) is 18.6. The first-order valence-corrected chi connectivity index (χ1v) is 10.7. The van der Waals surface area contributed by atoms with Gasteiger partial charge in [0.1, 0.15) is 11.4 Å². The van der Waals surface area contributed by atoms with E-state index in [-0.39, 0.29) is 24.3 Å². The van der Waals surface area contributed by atoms with E-state index in [1.54, 1.807) is 6.07 Å². The maximum Gasteiger partial charge on any atom is 0.278 e. The molecule has 5 nitrogen and oxygen atoms in total. The average molecular weight is 447 g/mol. The van der Waals surface area contributed by atoms with Gasteiger partial charge in [-0.1, -0.05) is 60.1 Å². The lowest BCUT2D eigenvalue weighted by atomic mass is 10.0. The van der Waals surface area contributed by atoms with Crippen molar-refractivity contribution >= 4 is 34.7 Å². The first-order valence-electron chi connectivity index (χ1n) is 10.4. The molecule has 0 aromatic heterocycles. The molecule has 0 aliphatic carbocycles.